The van der Waals surface area contributed by atoms with Crippen LogP contribution in [-0.2, 0) is 23.7 Å². The van der Waals surface area contributed by atoms with E-state index in [1.165, 1.54) is 0 Å². The van der Waals surface area contributed by atoms with Crippen LogP contribution in [-0.4, -0.2) is 58.1 Å². The van der Waals surface area contributed by atoms with E-state index in [1.54, 1.807) is 21.3 Å². The third-order valence-corrected chi connectivity index (χ3v) is 6.88. The van der Waals surface area contributed by atoms with Gasteiger partial charge in [0.1, 0.15) is 0 Å². The second-order valence-corrected chi connectivity index (χ2v) is 8.31. The van der Waals surface area contributed by atoms with Crippen molar-refractivity contribution in [2.24, 2.45) is 23.7 Å². The molecule has 0 aliphatic carbocycles. The normalized spacial score (nSPS) is 43.5. The van der Waals surface area contributed by atoms with Crippen molar-refractivity contribution >= 4 is 0 Å². The average Bonchev–Trinajstić information content (AvgIpc) is 2.68. The quantitative estimate of drug-likeness (QED) is 0.633. The first-order valence-corrected chi connectivity index (χ1v) is 10.7. The molecule has 2 aliphatic rings. The maximum atomic E-state index is 5.90. The summed E-state index contributed by atoms with van der Waals surface area (Å²) in [5.41, 5.74) is 0. The molecule has 0 aromatic rings. The summed E-state index contributed by atoms with van der Waals surface area (Å²) in [5, 5.41) is 0. The van der Waals surface area contributed by atoms with Gasteiger partial charge >= 0.3 is 0 Å². The number of ether oxygens (including phenoxy) is 5. The fraction of sp³-hybridized carbons (Fsp3) is 1.00. The molecule has 2 aliphatic heterocycles. The number of methoxy groups -OCH3 is 3. The van der Waals surface area contributed by atoms with E-state index >= 15 is 0 Å². The van der Waals surface area contributed by atoms with Crippen molar-refractivity contribution in [3.63, 3.8) is 0 Å². The van der Waals surface area contributed by atoms with Gasteiger partial charge in [-0.2, -0.15) is 0 Å². The van der Waals surface area contributed by atoms with Gasteiger partial charge in [0.2, 0.25) is 0 Å². The third-order valence-electron chi connectivity index (χ3n) is 6.88. The second-order valence-electron chi connectivity index (χ2n) is 8.31. The first-order valence-electron chi connectivity index (χ1n) is 10.7. The monoisotopic (exact) mass is 404 g/mol. The van der Waals surface area contributed by atoms with Crippen LogP contribution in [0.25, 0.3) is 0 Å². The van der Waals surface area contributed by atoms with Gasteiger partial charge in [-0.05, 0) is 37.5 Å². The summed E-state index contributed by atoms with van der Waals surface area (Å²) in [4.78, 5) is 0. The molecule has 5 nitrogen and oxygen atoms in total. The zero-order valence-corrected chi connectivity index (χ0v) is 19.2. The lowest BCUT2D eigenvalue weighted by molar-refractivity contribution is -0.258. The predicted molar refractivity (Wildman–Crippen MR) is 116 cm³/mol. The van der Waals surface area contributed by atoms with E-state index in [9.17, 15) is 0 Å². The molecule has 0 N–H and O–H groups in total. The van der Waals surface area contributed by atoms with Crippen molar-refractivity contribution < 1.29 is 23.7 Å². The van der Waals surface area contributed by atoms with E-state index in [-0.39, 0.29) is 38.1 Å². The Morgan fingerprint density at radius 1 is 0.607 bits per heavy atom. The molecule has 0 radical (unpaired) electrons. The van der Waals surface area contributed by atoms with Crippen molar-refractivity contribution in [2.45, 2.75) is 106 Å². The van der Waals surface area contributed by atoms with Crippen LogP contribution >= 0.6 is 0 Å². The molecule has 28 heavy (non-hydrogen) atoms. The van der Waals surface area contributed by atoms with Crippen LogP contribution in [0, 0.1) is 23.7 Å². The van der Waals surface area contributed by atoms with Crippen LogP contribution in [0.4, 0.5) is 0 Å². The number of rotatable bonds is 5. The van der Waals surface area contributed by atoms with E-state index in [0.717, 1.165) is 12.8 Å². The number of hydrogen-bond donors (Lipinski definition) is 0. The van der Waals surface area contributed by atoms with Crippen LogP contribution in [0.5, 0.6) is 0 Å². The molecule has 170 valence electrons. The summed E-state index contributed by atoms with van der Waals surface area (Å²) < 4.78 is 28.0. The van der Waals surface area contributed by atoms with Crippen LogP contribution in [0.2, 0.25) is 0 Å². The summed E-state index contributed by atoms with van der Waals surface area (Å²) in [7, 11) is 5.25. The molecule has 4 unspecified atom stereocenters. The van der Waals surface area contributed by atoms with Crippen molar-refractivity contribution in [1.29, 1.82) is 0 Å². The first-order chi connectivity index (χ1) is 12.8. The molecule has 0 aromatic carbocycles. The summed E-state index contributed by atoms with van der Waals surface area (Å²) >= 11 is 0. The lowest BCUT2D eigenvalue weighted by atomic mass is 9.81. The van der Waals surface area contributed by atoms with Gasteiger partial charge in [-0.15, -0.1) is 0 Å². The Bertz CT molecular complexity index is 400. The maximum absolute atomic E-state index is 5.90. The Morgan fingerprint density at radius 2 is 1.04 bits per heavy atom. The van der Waals surface area contributed by atoms with Gasteiger partial charge in [-0.1, -0.05) is 49.0 Å². The molecule has 2 rings (SSSR count). The molecule has 2 saturated heterocycles. The third kappa shape index (κ3) is 6.40. The molecule has 0 aromatic heterocycles. The summed E-state index contributed by atoms with van der Waals surface area (Å²) in [6.45, 7) is 15.3. The molecule has 5 heteroatoms. The average molecular weight is 405 g/mol. The minimum atomic E-state index is -0.0821. The van der Waals surface area contributed by atoms with E-state index in [0.29, 0.717) is 29.8 Å². The van der Waals surface area contributed by atoms with E-state index < -0.39 is 0 Å². The topological polar surface area (TPSA) is 46.2 Å². The molecular weight excluding hydrogens is 356 g/mol. The fourth-order valence-electron chi connectivity index (χ4n) is 4.46. The van der Waals surface area contributed by atoms with Crippen LogP contribution in [0.15, 0.2) is 0 Å². The van der Waals surface area contributed by atoms with Gasteiger partial charge in [0.15, 0.2) is 6.29 Å². The second kappa shape index (κ2) is 13.2. The Kier molecular flexibility index (Phi) is 13.1. The Morgan fingerprint density at radius 3 is 1.43 bits per heavy atom. The van der Waals surface area contributed by atoms with Gasteiger partial charge in [0.05, 0.1) is 30.5 Å². The van der Waals surface area contributed by atoms with Gasteiger partial charge < -0.3 is 23.7 Å². The minimum Gasteiger partial charge on any atom is -0.378 e. The Labute approximate surface area is 174 Å². The maximum Gasteiger partial charge on any atom is 0.160 e. The highest BCUT2D eigenvalue weighted by Crippen LogP contribution is 2.34. The summed E-state index contributed by atoms with van der Waals surface area (Å²) in [6.07, 6.45) is 3.21. The molecule has 0 bridgehead atoms. The molecule has 0 amide bonds. The molecular formula is C23H48O5. The van der Waals surface area contributed by atoms with Crippen molar-refractivity contribution in [3.05, 3.63) is 0 Å². The van der Waals surface area contributed by atoms with Gasteiger partial charge in [-0.25, -0.2) is 0 Å². The smallest absolute Gasteiger partial charge is 0.160 e. The van der Waals surface area contributed by atoms with Gasteiger partial charge in [0, 0.05) is 27.2 Å². The van der Waals surface area contributed by atoms with Crippen LogP contribution in [0.3, 0.4) is 0 Å². The highest BCUT2D eigenvalue weighted by molar-refractivity contribution is 4.87. The molecule has 2 heterocycles. The predicted octanol–water partition coefficient (Wildman–Crippen LogP) is 5.16. The minimum absolute atomic E-state index is 0. The first kappa shape index (κ1) is 27.8. The summed E-state index contributed by atoms with van der Waals surface area (Å²) in [6, 6.07) is 0. The van der Waals surface area contributed by atoms with E-state index in [2.05, 4.69) is 48.5 Å². The van der Waals surface area contributed by atoms with Crippen LogP contribution in [0.1, 0.15) is 68.7 Å². The van der Waals surface area contributed by atoms with E-state index in [1.807, 2.05) is 0 Å². The molecule has 2 fully saturated rings. The zero-order valence-electron chi connectivity index (χ0n) is 19.2. The van der Waals surface area contributed by atoms with Crippen LogP contribution < -0.4 is 0 Å². The van der Waals surface area contributed by atoms with Gasteiger partial charge in [-0.3, -0.25) is 0 Å². The summed E-state index contributed by atoms with van der Waals surface area (Å²) in [5.74, 6) is 2.04. The van der Waals surface area contributed by atoms with Crippen molar-refractivity contribution in [2.75, 3.05) is 21.3 Å². The molecule has 0 saturated carbocycles. The van der Waals surface area contributed by atoms with E-state index in [4.69, 9.17) is 23.7 Å². The Hall–Kier alpha value is -0.200. The lowest BCUT2D eigenvalue weighted by Crippen LogP contribution is -2.50. The Balaban J connectivity index is 0.000000504. The molecule has 0 spiro atoms. The SMILES string of the molecule is C.CCC1O[C@H](C)C(C)[C@@H](C)[C@@H]1OC.CCC1O[C@H](OC)C(C)[C@@H](C)[C@@H]1OC. The number of hydrogen-bond acceptors (Lipinski definition) is 5. The molecule has 10 atom stereocenters. The highest BCUT2D eigenvalue weighted by Gasteiger charge is 2.41. The van der Waals surface area contributed by atoms with Gasteiger partial charge in [0.25, 0.3) is 0 Å². The zero-order chi connectivity index (χ0) is 20.7. The van der Waals surface area contributed by atoms with Crippen molar-refractivity contribution in [1.82, 2.24) is 0 Å². The largest absolute Gasteiger partial charge is 0.378 e. The van der Waals surface area contributed by atoms with Crippen molar-refractivity contribution in [3.8, 4) is 0 Å². The highest BCUT2D eigenvalue weighted by atomic mass is 16.7. The fourth-order valence-corrected chi connectivity index (χ4v) is 4.46. The standard InChI is InChI=1S/C11H22O3.C11H22O2.CH4/c1-6-9-10(12-4)7(2)8(3)11(13-5)14-9;1-6-10-11(12-5)8(3)7(2)9(4)13-10;/h7-11H,6H2,1-5H3;7-11H,6H2,1-5H3;1H4/t7-,8?,9?,10+,11+;7?,8-,9-,10?,11+;/m11./s1. The lowest BCUT2D eigenvalue weighted by Gasteiger charge is -2.43.